The van der Waals surface area contributed by atoms with Crippen molar-refractivity contribution in [3.63, 3.8) is 0 Å². The highest BCUT2D eigenvalue weighted by Gasteiger charge is 2.34. The van der Waals surface area contributed by atoms with Gasteiger partial charge in [0.15, 0.2) is 0 Å². The molecule has 0 saturated heterocycles. The molecule has 0 fully saturated rings. The zero-order chi connectivity index (χ0) is 21.3. The fourth-order valence-electron chi connectivity index (χ4n) is 2.18. The molecule has 0 spiro atoms. The Morgan fingerprint density at radius 2 is 1.71 bits per heavy atom. The third-order valence-electron chi connectivity index (χ3n) is 3.41. The molecule has 28 heavy (non-hydrogen) atoms. The number of hydrogen-bond acceptors (Lipinski definition) is 3. The second-order valence-electron chi connectivity index (χ2n) is 5.65. The molecule has 0 aliphatic rings. The number of rotatable bonds is 5. The van der Waals surface area contributed by atoms with E-state index in [0.717, 1.165) is 12.1 Å². The summed E-state index contributed by atoms with van der Waals surface area (Å²) in [7, 11) is -3.50. The van der Waals surface area contributed by atoms with E-state index in [4.69, 9.17) is 16.5 Å². The van der Waals surface area contributed by atoms with Crippen LogP contribution >= 0.6 is 19.9 Å². The van der Waals surface area contributed by atoms with Gasteiger partial charge in [-0.2, -0.15) is 13.2 Å². The quantitative estimate of drug-likeness (QED) is 0.474. The van der Waals surface area contributed by atoms with Crippen LogP contribution in [0.15, 0.2) is 36.4 Å². The summed E-state index contributed by atoms with van der Waals surface area (Å²) < 4.78 is 81.6. The van der Waals surface area contributed by atoms with Gasteiger partial charge in [0.05, 0.1) is 11.1 Å². The lowest BCUT2D eigenvalue weighted by atomic mass is 10.0. The predicted octanol–water partition coefficient (Wildman–Crippen LogP) is 5.48. The summed E-state index contributed by atoms with van der Waals surface area (Å²) in [4.78, 5) is 21.3. The molecule has 0 radical (unpaired) electrons. The largest absolute Gasteiger partial charge is 0.425 e. The molecule has 0 aliphatic heterocycles. The van der Waals surface area contributed by atoms with Crippen molar-refractivity contribution in [3.8, 4) is 5.75 Å². The lowest BCUT2D eigenvalue weighted by Gasteiger charge is -2.17. The number of halogens is 6. The summed E-state index contributed by atoms with van der Waals surface area (Å²) in [6.07, 6.45) is -4.93. The summed E-state index contributed by atoms with van der Waals surface area (Å²) in [5, 5.41) is 2.07. The first-order chi connectivity index (χ1) is 12.8. The molecular formula is C16H12ClF5NO4P. The van der Waals surface area contributed by atoms with Crippen molar-refractivity contribution >= 4 is 31.5 Å². The van der Waals surface area contributed by atoms with Gasteiger partial charge in [-0.3, -0.25) is 4.79 Å². The highest BCUT2D eigenvalue weighted by atomic mass is 35.5. The van der Waals surface area contributed by atoms with E-state index in [-0.39, 0.29) is 22.4 Å². The Bertz CT molecular complexity index is 898. The van der Waals surface area contributed by atoms with Crippen molar-refractivity contribution in [1.82, 2.24) is 0 Å². The minimum Gasteiger partial charge on any atom is -0.425 e. The van der Waals surface area contributed by atoms with Crippen LogP contribution < -0.4 is 9.84 Å². The number of amides is 1. The van der Waals surface area contributed by atoms with Crippen molar-refractivity contribution < 1.29 is 40.7 Å². The van der Waals surface area contributed by atoms with Crippen LogP contribution in [0.1, 0.15) is 28.4 Å². The summed E-state index contributed by atoms with van der Waals surface area (Å²) in [5.41, 5.74) is -3.27. The van der Waals surface area contributed by atoms with Crippen LogP contribution in [0.4, 0.5) is 27.6 Å². The Hall–Kier alpha value is -2.16. The predicted molar refractivity (Wildman–Crippen MR) is 92.3 cm³/mol. The standard InChI is InChI=1S/C16H12ClF5NO4P/c1-15(18,19)8-4-9(16(20,21)22)6-11(5-8)23-14(24)12-7-10(17)2-3-13(12)27-28(25)26/h2-7,28H,1H3,(H,23,24)(H,25,26). The molecule has 2 aromatic rings. The molecule has 12 heteroatoms. The number of carbonyl (C=O) groups excluding carboxylic acids is 1. The zero-order valence-corrected chi connectivity index (χ0v) is 15.7. The van der Waals surface area contributed by atoms with E-state index < -0.39 is 43.1 Å². The molecule has 1 unspecified atom stereocenters. The van der Waals surface area contributed by atoms with Gasteiger partial charge in [0.1, 0.15) is 5.75 Å². The molecule has 0 saturated carbocycles. The first kappa shape index (κ1) is 22.1. The van der Waals surface area contributed by atoms with E-state index in [2.05, 4.69) is 4.52 Å². The summed E-state index contributed by atoms with van der Waals surface area (Å²) >= 11 is 5.75. The second kappa shape index (κ2) is 8.06. The fourth-order valence-corrected chi connectivity index (χ4v) is 2.72. The van der Waals surface area contributed by atoms with Crippen LogP contribution in [-0.4, -0.2) is 10.8 Å². The third-order valence-corrected chi connectivity index (χ3v) is 4.04. The Morgan fingerprint density at radius 3 is 2.25 bits per heavy atom. The SMILES string of the molecule is CC(F)(F)c1cc(NC(=O)c2cc(Cl)ccc2O[PH](=O)O)cc(C(F)(F)F)c1. The minimum atomic E-state index is -4.93. The Balaban J connectivity index is 2.47. The maximum Gasteiger partial charge on any atom is 0.416 e. The molecule has 2 rings (SSSR count). The van der Waals surface area contributed by atoms with Crippen molar-refractivity contribution in [2.75, 3.05) is 5.32 Å². The van der Waals surface area contributed by atoms with Crippen LogP contribution in [0.2, 0.25) is 5.02 Å². The van der Waals surface area contributed by atoms with Crippen molar-refractivity contribution in [2.24, 2.45) is 0 Å². The fraction of sp³-hybridized carbons (Fsp3) is 0.188. The lowest BCUT2D eigenvalue weighted by molar-refractivity contribution is -0.137. The Kier molecular flexibility index (Phi) is 6.37. The minimum absolute atomic E-state index is 0.0277. The average Bonchev–Trinajstić information content (AvgIpc) is 2.54. The number of hydrogen-bond donors (Lipinski definition) is 2. The topological polar surface area (TPSA) is 75.6 Å². The second-order valence-corrected chi connectivity index (χ2v) is 6.82. The highest BCUT2D eigenvalue weighted by Crippen LogP contribution is 2.37. The highest BCUT2D eigenvalue weighted by molar-refractivity contribution is 7.32. The van der Waals surface area contributed by atoms with Gasteiger partial charge < -0.3 is 14.7 Å². The van der Waals surface area contributed by atoms with Crippen molar-refractivity contribution in [3.05, 3.63) is 58.1 Å². The van der Waals surface area contributed by atoms with Crippen LogP contribution in [-0.2, 0) is 16.7 Å². The smallest absolute Gasteiger partial charge is 0.416 e. The van der Waals surface area contributed by atoms with Gasteiger partial charge in [0, 0.05) is 23.2 Å². The molecule has 1 amide bonds. The van der Waals surface area contributed by atoms with E-state index >= 15 is 0 Å². The number of nitrogens with one attached hydrogen (secondary N) is 1. The first-order valence-corrected chi connectivity index (χ1v) is 9.04. The van der Waals surface area contributed by atoms with Gasteiger partial charge in [0.25, 0.3) is 11.8 Å². The third kappa shape index (κ3) is 5.67. The van der Waals surface area contributed by atoms with Crippen LogP contribution in [0, 0.1) is 0 Å². The van der Waals surface area contributed by atoms with E-state index in [9.17, 15) is 31.3 Å². The van der Waals surface area contributed by atoms with E-state index in [1.165, 1.54) is 6.07 Å². The molecule has 5 nitrogen and oxygen atoms in total. The monoisotopic (exact) mass is 443 g/mol. The van der Waals surface area contributed by atoms with Gasteiger partial charge in [-0.25, -0.2) is 13.3 Å². The molecule has 0 heterocycles. The van der Waals surface area contributed by atoms with E-state index in [0.29, 0.717) is 19.1 Å². The van der Waals surface area contributed by atoms with Crippen LogP contribution in [0.25, 0.3) is 0 Å². The molecule has 0 bridgehead atoms. The maximum absolute atomic E-state index is 13.5. The molecule has 2 N–H and O–H groups in total. The first-order valence-electron chi connectivity index (χ1n) is 7.39. The number of alkyl halides is 5. The molecular weight excluding hydrogens is 432 g/mol. The summed E-state index contributed by atoms with van der Waals surface area (Å²) in [6, 6.07) is 4.84. The molecule has 0 aromatic heterocycles. The average molecular weight is 444 g/mol. The number of carbonyl (C=O) groups is 1. The molecule has 152 valence electrons. The van der Waals surface area contributed by atoms with Gasteiger partial charge in [0.2, 0.25) is 0 Å². The van der Waals surface area contributed by atoms with Gasteiger partial charge in [-0.15, -0.1) is 0 Å². The normalized spacial score (nSPS) is 13.1. The van der Waals surface area contributed by atoms with E-state index in [1.54, 1.807) is 0 Å². The van der Waals surface area contributed by atoms with E-state index in [1.807, 2.05) is 5.32 Å². The lowest BCUT2D eigenvalue weighted by Crippen LogP contribution is -2.16. The Labute approximate surface area is 161 Å². The van der Waals surface area contributed by atoms with Crippen molar-refractivity contribution in [1.29, 1.82) is 0 Å². The number of anilines is 1. The van der Waals surface area contributed by atoms with Crippen molar-refractivity contribution in [2.45, 2.75) is 19.0 Å². The zero-order valence-electron chi connectivity index (χ0n) is 13.9. The molecule has 0 aliphatic carbocycles. The van der Waals surface area contributed by atoms with Gasteiger partial charge in [-0.05, 0) is 36.4 Å². The maximum atomic E-state index is 13.5. The van der Waals surface area contributed by atoms with Gasteiger partial charge >= 0.3 is 14.4 Å². The number of benzene rings is 2. The molecule has 1 atom stereocenters. The summed E-state index contributed by atoms with van der Waals surface area (Å²) in [5.74, 6) is -5.03. The summed E-state index contributed by atoms with van der Waals surface area (Å²) in [6.45, 7) is 0.413. The van der Waals surface area contributed by atoms with Crippen LogP contribution in [0.3, 0.4) is 0 Å². The Morgan fingerprint density at radius 1 is 1.11 bits per heavy atom. The molecule has 2 aromatic carbocycles. The van der Waals surface area contributed by atoms with Gasteiger partial charge in [-0.1, -0.05) is 11.6 Å². The van der Waals surface area contributed by atoms with Crippen LogP contribution in [0.5, 0.6) is 5.75 Å².